The van der Waals surface area contributed by atoms with E-state index in [-0.39, 0.29) is 5.91 Å². The molecule has 4 aromatic rings. The summed E-state index contributed by atoms with van der Waals surface area (Å²) >= 11 is 19.0. The Hall–Kier alpha value is -2.57. The van der Waals surface area contributed by atoms with Gasteiger partial charge in [0.1, 0.15) is 0 Å². The summed E-state index contributed by atoms with van der Waals surface area (Å²) in [5.41, 5.74) is 5.08. The Balaban J connectivity index is 1.57. The number of hydrogen-bond donors (Lipinski definition) is 0. The summed E-state index contributed by atoms with van der Waals surface area (Å²) in [7, 11) is 0. The van der Waals surface area contributed by atoms with Crippen molar-refractivity contribution >= 4 is 80.1 Å². The average Bonchev–Trinajstić information content (AvgIpc) is 3.24. The van der Waals surface area contributed by atoms with Crippen molar-refractivity contribution in [3.05, 3.63) is 105 Å². The van der Waals surface area contributed by atoms with Gasteiger partial charge in [0, 0.05) is 28.7 Å². The molecule has 0 bridgehead atoms. The van der Waals surface area contributed by atoms with Gasteiger partial charge in [-0.2, -0.15) is 0 Å². The fraction of sp³-hybridized carbons (Fsp3) is 0.0769. The molecule has 33 heavy (non-hydrogen) atoms. The van der Waals surface area contributed by atoms with E-state index in [0.717, 1.165) is 28.7 Å². The van der Waals surface area contributed by atoms with Crippen molar-refractivity contribution in [2.75, 3.05) is 4.90 Å². The van der Waals surface area contributed by atoms with E-state index in [1.54, 1.807) is 18.2 Å². The number of amides is 1. The minimum Gasteiger partial charge on any atom is -0.340 e. The highest BCUT2D eigenvalue weighted by Crippen LogP contribution is 2.39. The summed E-state index contributed by atoms with van der Waals surface area (Å²) in [6.07, 6.45) is 1.95. The lowest BCUT2D eigenvalue weighted by Gasteiger charge is -2.15. The van der Waals surface area contributed by atoms with Crippen molar-refractivity contribution < 1.29 is 4.79 Å². The van der Waals surface area contributed by atoms with Crippen LogP contribution < -0.4 is 4.90 Å². The minimum absolute atomic E-state index is 0.164. The van der Waals surface area contributed by atoms with Gasteiger partial charge in [-0.25, -0.2) is 0 Å². The van der Waals surface area contributed by atoms with Gasteiger partial charge in [-0.3, -0.25) is 9.69 Å². The summed E-state index contributed by atoms with van der Waals surface area (Å²) in [6, 6.07) is 23.7. The number of carbonyl (C=O) groups excluding carboxylic acids is 1. The van der Waals surface area contributed by atoms with Crippen LogP contribution in [0, 0.1) is 6.92 Å². The molecule has 1 aliphatic heterocycles. The Labute approximate surface area is 211 Å². The Bertz CT molecular complexity index is 1440. The predicted octanol–water partition coefficient (Wildman–Crippen LogP) is 7.71. The summed E-state index contributed by atoms with van der Waals surface area (Å²) < 4.78 is 2.76. The molecule has 1 amide bonds. The zero-order chi connectivity index (χ0) is 23.1. The molecular formula is C26H18Cl2N2OS2. The smallest absolute Gasteiger partial charge is 0.270 e. The van der Waals surface area contributed by atoms with Crippen LogP contribution in [0.5, 0.6) is 0 Å². The van der Waals surface area contributed by atoms with Crippen LogP contribution in [-0.2, 0) is 11.3 Å². The fourth-order valence-corrected chi connectivity index (χ4v) is 5.63. The predicted molar refractivity (Wildman–Crippen MR) is 144 cm³/mol. The van der Waals surface area contributed by atoms with E-state index in [4.69, 9.17) is 35.4 Å². The molecule has 0 atom stereocenters. The molecule has 0 N–H and O–H groups in total. The lowest BCUT2D eigenvalue weighted by Crippen LogP contribution is -2.27. The number of para-hydroxylation sites is 1. The van der Waals surface area contributed by atoms with Crippen molar-refractivity contribution in [2.45, 2.75) is 13.5 Å². The van der Waals surface area contributed by atoms with E-state index in [9.17, 15) is 4.79 Å². The van der Waals surface area contributed by atoms with Gasteiger partial charge in [0.25, 0.3) is 5.91 Å². The van der Waals surface area contributed by atoms with Crippen LogP contribution in [-0.4, -0.2) is 14.8 Å². The molecule has 3 aromatic carbocycles. The van der Waals surface area contributed by atoms with Crippen LogP contribution in [0.1, 0.15) is 16.8 Å². The second-order valence-electron chi connectivity index (χ2n) is 7.70. The minimum atomic E-state index is -0.164. The molecule has 0 spiro atoms. The number of fused-ring (bicyclic) bond motifs is 1. The van der Waals surface area contributed by atoms with Gasteiger partial charge in [-0.1, -0.05) is 95.7 Å². The molecule has 0 saturated carbocycles. The molecule has 1 aliphatic rings. The normalized spacial score (nSPS) is 15.2. The molecule has 0 unspecified atom stereocenters. The molecule has 0 aliphatic carbocycles. The number of thiocarbonyl (C=S) groups is 1. The van der Waals surface area contributed by atoms with E-state index in [0.29, 0.717) is 25.0 Å². The first-order valence-electron chi connectivity index (χ1n) is 10.3. The third-order valence-corrected chi connectivity index (χ3v) is 7.73. The first-order chi connectivity index (χ1) is 15.9. The summed E-state index contributed by atoms with van der Waals surface area (Å²) in [5, 5.41) is 1.92. The van der Waals surface area contributed by atoms with Crippen LogP contribution >= 0.6 is 47.2 Å². The van der Waals surface area contributed by atoms with Crippen LogP contribution in [0.3, 0.4) is 0 Å². The van der Waals surface area contributed by atoms with Gasteiger partial charge in [-0.15, -0.1) is 0 Å². The second-order valence-corrected chi connectivity index (χ2v) is 10.2. The number of nitrogens with zero attached hydrogens (tertiary/aromatic N) is 2. The topological polar surface area (TPSA) is 25.2 Å². The quantitative estimate of drug-likeness (QED) is 0.208. The van der Waals surface area contributed by atoms with Crippen LogP contribution in [0.2, 0.25) is 10.0 Å². The Kier molecular flexibility index (Phi) is 6.06. The number of carbonyl (C=O) groups is 1. The number of anilines is 1. The lowest BCUT2D eigenvalue weighted by molar-refractivity contribution is -0.113. The van der Waals surface area contributed by atoms with Crippen molar-refractivity contribution in [1.82, 2.24) is 4.57 Å². The number of rotatable bonds is 4. The Morgan fingerprint density at radius 1 is 0.970 bits per heavy atom. The largest absolute Gasteiger partial charge is 0.340 e. The monoisotopic (exact) mass is 508 g/mol. The SMILES string of the molecule is Cc1c(/C=C2/SC(=S)N(c3ccc(Cl)c(Cl)c3)C2=O)c2ccccc2n1Cc1ccccc1. The lowest BCUT2D eigenvalue weighted by atomic mass is 10.1. The zero-order valence-corrected chi connectivity index (χ0v) is 20.7. The van der Waals surface area contributed by atoms with Crippen molar-refractivity contribution in [3.63, 3.8) is 0 Å². The average molecular weight is 509 g/mol. The molecule has 3 nitrogen and oxygen atoms in total. The van der Waals surface area contributed by atoms with Crippen LogP contribution in [0.25, 0.3) is 17.0 Å². The van der Waals surface area contributed by atoms with Crippen molar-refractivity contribution in [1.29, 1.82) is 0 Å². The molecule has 164 valence electrons. The molecule has 1 fully saturated rings. The number of thioether (sulfide) groups is 1. The molecular weight excluding hydrogens is 491 g/mol. The molecule has 1 aromatic heterocycles. The van der Waals surface area contributed by atoms with Gasteiger partial charge in [0.15, 0.2) is 4.32 Å². The highest BCUT2D eigenvalue weighted by molar-refractivity contribution is 8.27. The van der Waals surface area contributed by atoms with E-state index >= 15 is 0 Å². The zero-order valence-electron chi connectivity index (χ0n) is 17.6. The molecule has 1 saturated heterocycles. The number of hydrogen-bond acceptors (Lipinski definition) is 3. The molecule has 2 heterocycles. The third kappa shape index (κ3) is 4.11. The first kappa shape index (κ1) is 22.2. The van der Waals surface area contributed by atoms with Crippen LogP contribution in [0.15, 0.2) is 77.7 Å². The number of halogens is 2. The van der Waals surface area contributed by atoms with E-state index in [1.165, 1.54) is 22.2 Å². The molecule has 7 heteroatoms. The van der Waals surface area contributed by atoms with Gasteiger partial charge < -0.3 is 4.57 Å². The summed E-state index contributed by atoms with van der Waals surface area (Å²) in [4.78, 5) is 15.4. The van der Waals surface area contributed by atoms with E-state index in [2.05, 4.69) is 35.8 Å². The van der Waals surface area contributed by atoms with Crippen molar-refractivity contribution in [2.24, 2.45) is 0 Å². The summed E-state index contributed by atoms with van der Waals surface area (Å²) in [6.45, 7) is 2.85. The van der Waals surface area contributed by atoms with E-state index in [1.807, 2.05) is 36.4 Å². The van der Waals surface area contributed by atoms with Gasteiger partial charge in [0.2, 0.25) is 0 Å². The van der Waals surface area contributed by atoms with Crippen LogP contribution in [0.4, 0.5) is 5.69 Å². The van der Waals surface area contributed by atoms with Crippen molar-refractivity contribution in [3.8, 4) is 0 Å². The highest BCUT2D eigenvalue weighted by atomic mass is 35.5. The summed E-state index contributed by atoms with van der Waals surface area (Å²) in [5.74, 6) is -0.164. The maximum absolute atomic E-state index is 13.3. The molecule has 5 rings (SSSR count). The maximum Gasteiger partial charge on any atom is 0.270 e. The van der Waals surface area contributed by atoms with Gasteiger partial charge >= 0.3 is 0 Å². The second kappa shape index (κ2) is 8.99. The molecule has 0 radical (unpaired) electrons. The van der Waals surface area contributed by atoms with E-state index < -0.39 is 0 Å². The first-order valence-corrected chi connectivity index (χ1v) is 12.3. The Morgan fingerprint density at radius 3 is 2.45 bits per heavy atom. The standard InChI is InChI=1S/C26H18Cl2N2OS2/c1-16-20(19-9-5-6-10-23(19)29(16)15-17-7-3-2-4-8-17)14-24-25(31)30(26(32)33-24)18-11-12-21(27)22(28)13-18/h2-14H,15H2,1H3/b24-14+. The Morgan fingerprint density at radius 2 is 1.70 bits per heavy atom. The maximum atomic E-state index is 13.3. The fourth-order valence-electron chi connectivity index (χ4n) is 4.06. The highest BCUT2D eigenvalue weighted by Gasteiger charge is 2.34. The van der Waals surface area contributed by atoms with Gasteiger partial charge in [0.05, 0.1) is 20.6 Å². The third-order valence-electron chi connectivity index (χ3n) is 5.69. The number of aromatic nitrogens is 1. The number of benzene rings is 3. The van der Waals surface area contributed by atoms with Gasteiger partial charge in [-0.05, 0) is 42.8 Å².